The van der Waals surface area contributed by atoms with Crippen molar-refractivity contribution in [1.29, 1.82) is 0 Å². The van der Waals surface area contributed by atoms with E-state index in [1.54, 1.807) is 24.2 Å². The summed E-state index contributed by atoms with van der Waals surface area (Å²) in [7, 11) is 1.61. The van der Waals surface area contributed by atoms with Crippen LogP contribution < -0.4 is 10.9 Å². The molecule has 2 aromatic carbocycles. The third-order valence-corrected chi connectivity index (χ3v) is 10.8. The van der Waals surface area contributed by atoms with E-state index in [9.17, 15) is 19.2 Å². The summed E-state index contributed by atoms with van der Waals surface area (Å²) in [5, 5.41) is 2.99. The minimum Gasteiger partial charge on any atom is -0.458 e. The van der Waals surface area contributed by atoms with Gasteiger partial charge in [0.25, 0.3) is 11.5 Å². The zero-order valence-corrected chi connectivity index (χ0v) is 35.6. The third-order valence-electron chi connectivity index (χ3n) is 10.8. The zero-order chi connectivity index (χ0) is 39.0. The fourth-order valence-corrected chi connectivity index (χ4v) is 8.41. The maximum atomic E-state index is 15.4. The number of amides is 3. The summed E-state index contributed by atoms with van der Waals surface area (Å²) in [6.07, 6.45) is 3.48. The van der Waals surface area contributed by atoms with Crippen LogP contribution in [0.2, 0.25) is 0 Å². The molecule has 2 saturated heterocycles. The average molecular weight is 807 g/mol. The molecule has 3 aliphatic rings. The normalized spacial score (nSPS) is 22.6. The van der Waals surface area contributed by atoms with Crippen LogP contribution in [0.15, 0.2) is 77.7 Å². The second-order valence-electron chi connectivity index (χ2n) is 17.0. The SMILES string of the molecule is Cn1cccc(C(=O)NC2CCN(C(=O)[C@H]3CC[C@@](C(=O)N4C[C@H](OC(C)(C)C)C[C@H]4C(=O)OC(C)(C)C)(c4ccccc4)c4ccccc43)CC2)c1=O.S.S. The van der Waals surface area contributed by atoms with Crippen molar-refractivity contribution < 1.29 is 28.7 Å². The van der Waals surface area contributed by atoms with Crippen LogP contribution in [-0.4, -0.2) is 87.1 Å². The van der Waals surface area contributed by atoms with Crippen LogP contribution in [0.3, 0.4) is 0 Å². The Morgan fingerprint density at radius 3 is 2.11 bits per heavy atom. The molecule has 3 heterocycles. The molecule has 1 aromatic heterocycles. The van der Waals surface area contributed by atoms with Crippen LogP contribution >= 0.6 is 27.0 Å². The lowest BCUT2D eigenvalue weighted by molar-refractivity contribution is -0.164. The highest BCUT2D eigenvalue weighted by atomic mass is 32.1. The van der Waals surface area contributed by atoms with E-state index in [4.69, 9.17) is 9.47 Å². The Labute approximate surface area is 344 Å². The number of benzene rings is 2. The van der Waals surface area contributed by atoms with Crippen molar-refractivity contribution >= 4 is 50.7 Å². The molecule has 0 saturated carbocycles. The average Bonchev–Trinajstić information content (AvgIpc) is 3.54. The summed E-state index contributed by atoms with van der Waals surface area (Å²) in [4.78, 5) is 72.6. The first-order valence-corrected chi connectivity index (χ1v) is 19.1. The number of piperidine rings is 1. The van der Waals surface area contributed by atoms with Crippen LogP contribution in [0.5, 0.6) is 0 Å². The van der Waals surface area contributed by atoms with E-state index in [-0.39, 0.29) is 68.6 Å². The molecule has 6 rings (SSSR count). The monoisotopic (exact) mass is 806 g/mol. The van der Waals surface area contributed by atoms with Gasteiger partial charge >= 0.3 is 5.97 Å². The first-order valence-electron chi connectivity index (χ1n) is 19.1. The van der Waals surface area contributed by atoms with Gasteiger partial charge in [-0.2, -0.15) is 27.0 Å². The number of hydrogen-bond donors (Lipinski definition) is 1. The summed E-state index contributed by atoms with van der Waals surface area (Å²) in [5.41, 5.74) is -0.261. The molecule has 3 aromatic rings. The summed E-state index contributed by atoms with van der Waals surface area (Å²) in [6, 6.07) is 19.6. The van der Waals surface area contributed by atoms with E-state index in [1.165, 1.54) is 10.6 Å². The molecule has 4 atom stereocenters. The first kappa shape index (κ1) is 44.6. The van der Waals surface area contributed by atoms with Gasteiger partial charge in [-0.15, -0.1) is 0 Å². The van der Waals surface area contributed by atoms with Gasteiger partial charge in [-0.05, 0) is 96.0 Å². The Balaban J connectivity index is 0.00000348. The number of nitrogens with zero attached hydrogens (tertiary/aromatic N) is 3. The first-order chi connectivity index (χ1) is 25.5. The molecule has 3 amide bonds. The summed E-state index contributed by atoms with van der Waals surface area (Å²) < 4.78 is 13.6. The predicted octanol–water partition coefficient (Wildman–Crippen LogP) is 5.32. The summed E-state index contributed by atoms with van der Waals surface area (Å²) in [6.45, 7) is 12.5. The van der Waals surface area contributed by atoms with Gasteiger partial charge in [-0.3, -0.25) is 19.2 Å². The number of aryl methyl sites for hydroxylation is 1. The van der Waals surface area contributed by atoms with Gasteiger partial charge < -0.3 is 29.2 Å². The molecule has 2 aliphatic heterocycles. The second kappa shape index (κ2) is 17.6. The number of ether oxygens (including phenoxy) is 2. The number of esters is 1. The van der Waals surface area contributed by atoms with E-state index in [2.05, 4.69) is 5.32 Å². The highest BCUT2D eigenvalue weighted by molar-refractivity contribution is 7.59. The number of rotatable bonds is 7. The van der Waals surface area contributed by atoms with Gasteiger partial charge in [-0.1, -0.05) is 54.6 Å². The quantitative estimate of drug-likeness (QED) is 0.321. The fourth-order valence-electron chi connectivity index (χ4n) is 8.41. The molecule has 13 heteroatoms. The van der Waals surface area contributed by atoms with Crippen molar-refractivity contribution in [3.8, 4) is 0 Å². The van der Waals surface area contributed by atoms with Crippen LogP contribution in [-0.2, 0) is 36.3 Å². The van der Waals surface area contributed by atoms with Gasteiger partial charge in [-0.25, -0.2) is 4.79 Å². The van der Waals surface area contributed by atoms with Crippen LogP contribution in [0.1, 0.15) is 107 Å². The minimum absolute atomic E-state index is 0. The number of likely N-dealkylation sites (tertiary alicyclic amines) is 2. The van der Waals surface area contributed by atoms with Crippen LogP contribution in [0.25, 0.3) is 0 Å². The molecule has 0 radical (unpaired) electrons. The van der Waals surface area contributed by atoms with E-state index in [1.807, 2.05) is 101 Å². The highest BCUT2D eigenvalue weighted by Gasteiger charge is 2.54. The van der Waals surface area contributed by atoms with Crippen molar-refractivity contribution in [3.05, 3.63) is 106 Å². The molecule has 56 heavy (non-hydrogen) atoms. The minimum atomic E-state index is -1.16. The van der Waals surface area contributed by atoms with E-state index < -0.39 is 40.5 Å². The van der Waals surface area contributed by atoms with Crippen LogP contribution in [0.4, 0.5) is 0 Å². The number of pyridine rings is 1. The van der Waals surface area contributed by atoms with E-state index >= 15 is 4.79 Å². The lowest BCUT2D eigenvalue weighted by atomic mass is 9.62. The number of aromatic nitrogens is 1. The number of carbonyl (C=O) groups is 4. The van der Waals surface area contributed by atoms with E-state index in [0.29, 0.717) is 45.2 Å². The Kier molecular flexibility index (Phi) is 14.0. The lowest BCUT2D eigenvalue weighted by Gasteiger charge is -2.45. The van der Waals surface area contributed by atoms with Crippen molar-refractivity contribution in [2.75, 3.05) is 19.6 Å². The predicted molar refractivity (Wildman–Crippen MR) is 226 cm³/mol. The molecular formula is C43H58N4O7S2. The van der Waals surface area contributed by atoms with E-state index in [0.717, 1.165) is 16.7 Å². The zero-order valence-electron chi connectivity index (χ0n) is 33.6. The maximum absolute atomic E-state index is 15.4. The second-order valence-corrected chi connectivity index (χ2v) is 17.0. The topological polar surface area (TPSA) is 127 Å². The molecule has 304 valence electrons. The van der Waals surface area contributed by atoms with Crippen molar-refractivity contribution in [1.82, 2.24) is 19.7 Å². The number of hydrogen-bond acceptors (Lipinski definition) is 7. The molecule has 0 unspecified atom stereocenters. The van der Waals surface area contributed by atoms with Crippen molar-refractivity contribution in [2.24, 2.45) is 7.05 Å². The molecular weight excluding hydrogens is 749 g/mol. The Hall–Kier alpha value is -4.07. The number of nitrogens with one attached hydrogen (secondary N) is 1. The molecule has 1 N–H and O–H groups in total. The van der Waals surface area contributed by atoms with Gasteiger partial charge in [0.15, 0.2) is 0 Å². The maximum Gasteiger partial charge on any atom is 0.329 e. The van der Waals surface area contributed by atoms with Crippen LogP contribution in [0, 0.1) is 0 Å². The highest BCUT2D eigenvalue weighted by Crippen LogP contribution is 2.49. The molecule has 1 aliphatic carbocycles. The fraction of sp³-hybridized carbons (Fsp3) is 0.512. The Morgan fingerprint density at radius 1 is 0.821 bits per heavy atom. The Bertz CT molecular complexity index is 1950. The standard InChI is InChI=1S/C43H54N4O7.2H2S/c1-41(2,3)53-30-26-35(39(51)54-42(4,5)6)47(27-30)40(52)43(28-14-9-8-10-15-28)22-19-32(31-16-11-12-18-34(31)43)38(50)46-24-20-29(21-25-46)44-36(48)33-17-13-23-45(7)37(33)49;;/h8-18,23,29-30,32,35H,19-22,24-27H2,1-7H3,(H,44,48);2*1H2/t30-,32+,35+,43-;;/m1../s1. The molecule has 0 bridgehead atoms. The summed E-state index contributed by atoms with van der Waals surface area (Å²) >= 11 is 0. The molecule has 2 fully saturated rings. The Morgan fingerprint density at radius 2 is 1.46 bits per heavy atom. The number of fused-ring (bicyclic) bond motifs is 1. The molecule has 11 nitrogen and oxygen atoms in total. The van der Waals surface area contributed by atoms with Gasteiger partial charge in [0.2, 0.25) is 11.8 Å². The van der Waals surface area contributed by atoms with Crippen molar-refractivity contribution in [3.63, 3.8) is 0 Å². The van der Waals surface area contributed by atoms with Gasteiger partial charge in [0.05, 0.1) is 23.0 Å². The summed E-state index contributed by atoms with van der Waals surface area (Å²) in [5.74, 6) is -1.55. The van der Waals surface area contributed by atoms with Gasteiger partial charge in [0.1, 0.15) is 17.2 Å². The van der Waals surface area contributed by atoms with Crippen molar-refractivity contribution in [2.45, 2.75) is 114 Å². The number of carbonyl (C=O) groups excluding carboxylic acids is 4. The smallest absolute Gasteiger partial charge is 0.329 e. The molecule has 0 spiro atoms. The lowest BCUT2D eigenvalue weighted by Crippen LogP contribution is -2.54. The third kappa shape index (κ3) is 9.37. The van der Waals surface area contributed by atoms with Gasteiger partial charge in [0, 0.05) is 45.3 Å². The largest absolute Gasteiger partial charge is 0.458 e.